The predicted octanol–water partition coefficient (Wildman–Crippen LogP) is 8.58. The van der Waals surface area contributed by atoms with Crippen molar-refractivity contribution >= 4 is 0 Å². The van der Waals surface area contributed by atoms with Gasteiger partial charge in [0.05, 0.1) is 0 Å². The molecule has 0 amide bonds. The van der Waals surface area contributed by atoms with Gasteiger partial charge in [0.2, 0.25) is 0 Å². The van der Waals surface area contributed by atoms with Crippen LogP contribution in [0.25, 0.3) is 0 Å². The van der Waals surface area contributed by atoms with E-state index in [0.717, 1.165) is 29.6 Å². The first-order chi connectivity index (χ1) is 12.1. The zero-order chi connectivity index (χ0) is 20.1. The lowest BCUT2D eigenvalue weighted by atomic mass is 9.93. The van der Waals surface area contributed by atoms with Crippen molar-refractivity contribution in [2.24, 2.45) is 29.6 Å². The van der Waals surface area contributed by atoms with Crippen LogP contribution >= 0.6 is 0 Å². The van der Waals surface area contributed by atoms with Gasteiger partial charge in [-0.1, -0.05) is 106 Å². The van der Waals surface area contributed by atoms with Gasteiger partial charge in [0.25, 0.3) is 0 Å². The van der Waals surface area contributed by atoms with Crippen LogP contribution in [0.4, 0.5) is 0 Å². The van der Waals surface area contributed by atoms with E-state index in [4.69, 9.17) is 0 Å². The van der Waals surface area contributed by atoms with Crippen LogP contribution in [0, 0.1) is 29.6 Å². The van der Waals surface area contributed by atoms with Crippen LogP contribution in [-0.2, 0) is 12.8 Å². The maximum absolute atomic E-state index is 2.39. The Hall–Kier alpha value is -0.780. The van der Waals surface area contributed by atoms with Crippen molar-refractivity contribution in [2.75, 3.05) is 0 Å². The van der Waals surface area contributed by atoms with Crippen molar-refractivity contribution in [1.82, 2.24) is 0 Å². The number of hydrogen-bond donors (Lipinski definition) is 0. The summed E-state index contributed by atoms with van der Waals surface area (Å²) in [7, 11) is 0. The van der Waals surface area contributed by atoms with Crippen molar-refractivity contribution in [3.63, 3.8) is 0 Å². The van der Waals surface area contributed by atoms with Crippen molar-refractivity contribution in [3.05, 3.63) is 35.4 Å². The van der Waals surface area contributed by atoms with Crippen LogP contribution in [0.2, 0.25) is 0 Å². The van der Waals surface area contributed by atoms with E-state index in [-0.39, 0.29) is 0 Å². The Bertz CT molecular complexity index is 414. The molecular weight excluding hydrogens is 312 g/mol. The normalized spacial score (nSPS) is 12.7. The Morgan fingerprint density at radius 3 is 1.50 bits per heavy atom. The van der Waals surface area contributed by atoms with Crippen molar-refractivity contribution in [3.8, 4) is 0 Å². The highest BCUT2D eigenvalue weighted by Gasteiger charge is 2.05. The maximum atomic E-state index is 2.39. The van der Waals surface area contributed by atoms with Crippen LogP contribution < -0.4 is 0 Å². The summed E-state index contributed by atoms with van der Waals surface area (Å²) >= 11 is 0. The molecule has 0 saturated carbocycles. The maximum Gasteiger partial charge on any atom is -0.0256 e. The molecule has 0 N–H and O–H groups in total. The van der Waals surface area contributed by atoms with Gasteiger partial charge in [-0.3, -0.25) is 0 Å². The molecule has 0 heterocycles. The number of rotatable bonds is 10. The van der Waals surface area contributed by atoms with Gasteiger partial charge in [-0.25, -0.2) is 0 Å². The first-order valence-electron chi connectivity index (χ1n) is 11.2. The molecule has 1 aromatic rings. The highest BCUT2D eigenvalue weighted by Crippen LogP contribution is 2.18. The molecule has 1 rings (SSSR count). The molecule has 0 aliphatic carbocycles. The lowest BCUT2D eigenvalue weighted by Gasteiger charge is -2.14. The highest BCUT2D eigenvalue weighted by atomic mass is 14.1. The minimum absolute atomic E-state index is 0.754. The summed E-state index contributed by atoms with van der Waals surface area (Å²) in [5, 5.41) is 0. The van der Waals surface area contributed by atoms with Gasteiger partial charge in [0, 0.05) is 0 Å². The van der Waals surface area contributed by atoms with E-state index < -0.39 is 0 Å². The second-order valence-corrected chi connectivity index (χ2v) is 10.1. The topological polar surface area (TPSA) is 0 Å². The molecule has 0 fully saturated rings. The lowest BCUT2D eigenvalue weighted by Crippen LogP contribution is -2.00. The second-order valence-electron chi connectivity index (χ2n) is 10.1. The molecule has 0 aliphatic rings. The molecule has 1 unspecified atom stereocenters. The van der Waals surface area contributed by atoms with Crippen molar-refractivity contribution in [1.29, 1.82) is 0 Å². The van der Waals surface area contributed by atoms with Gasteiger partial charge < -0.3 is 0 Å². The molecule has 0 radical (unpaired) electrons. The first-order valence-corrected chi connectivity index (χ1v) is 11.2. The van der Waals surface area contributed by atoms with E-state index in [1.807, 2.05) is 0 Å². The molecule has 1 atom stereocenters. The number of benzene rings is 1. The fraction of sp³-hybridized carbons (Fsp3) is 0.769. The summed E-state index contributed by atoms with van der Waals surface area (Å²) in [6.45, 7) is 20.7. The second kappa shape index (κ2) is 14.3. The van der Waals surface area contributed by atoms with E-state index in [0.29, 0.717) is 0 Å². The minimum atomic E-state index is 0.754. The third-order valence-electron chi connectivity index (χ3n) is 4.63. The summed E-state index contributed by atoms with van der Waals surface area (Å²) in [6.07, 6.45) is 8.06. The lowest BCUT2D eigenvalue weighted by molar-refractivity contribution is 0.388. The predicted molar refractivity (Wildman–Crippen MR) is 121 cm³/mol. The van der Waals surface area contributed by atoms with Gasteiger partial charge >= 0.3 is 0 Å². The zero-order valence-electron chi connectivity index (χ0n) is 19.4. The van der Waals surface area contributed by atoms with Crippen LogP contribution in [0.5, 0.6) is 0 Å². The Morgan fingerprint density at radius 1 is 0.615 bits per heavy atom. The molecule has 1 aromatic carbocycles. The molecule has 0 heteroatoms. The first kappa shape index (κ1) is 25.2. The van der Waals surface area contributed by atoms with Gasteiger partial charge in [0.1, 0.15) is 0 Å². The molecule has 0 spiro atoms. The smallest absolute Gasteiger partial charge is 0.0256 e. The molecule has 0 saturated heterocycles. The van der Waals surface area contributed by atoms with Crippen LogP contribution in [0.15, 0.2) is 24.3 Å². The molecule has 26 heavy (non-hydrogen) atoms. The quantitative estimate of drug-likeness (QED) is 0.392. The summed E-state index contributed by atoms with van der Waals surface area (Å²) in [6, 6.07) is 9.03. The van der Waals surface area contributed by atoms with Crippen LogP contribution in [0.3, 0.4) is 0 Å². The average Bonchev–Trinajstić information content (AvgIpc) is 2.45. The van der Waals surface area contributed by atoms with Gasteiger partial charge in [-0.05, 0) is 60.0 Å². The summed E-state index contributed by atoms with van der Waals surface area (Å²) in [5.41, 5.74) is 2.97. The highest BCUT2D eigenvalue weighted by molar-refractivity contribution is 5.24. The molecule has 0 aromatic heterocycles. The minimum Gasteiger partial charge on any atom is -0.0628 e. The zero-order valence-corrected chi connectivity index (χ0v) is 19.4. The Balaban J connectivity index is 0.000000488. The fourth-order valence-corrected chi connectivity index (χ4v) is 3.62. The van der Waals surface area contributed by atoms with Crippen molar-refractivity contribution < 1.29 is 0 Å². The Morgan fingerprint density at radius 2 is 1.12 bits per heavy atom. The third-order valence-corrected chi connectivity index (χ3v) is 4.63. The van der Waals surface area contributed by atoms with Gasteiger partial charge in [-0.15, -0.1) is 0 Å². The SMILES string of the molecule is CC(C)CCCC(C)CC(C)C.CC(C)Cc1cccc(CC(C)C)c1. The largest absolute Gasteiger partial charge is 0.0628 e. The monoisotopic (exact) mass is 360 g/mol. The van der Waals surface area contributed by atoms with Crippen LogP contribution in [0.1, 0.15) is 99.1 Å². The summed E-state index contributed by atoms with van der Waals surface area (Å²) in [5.74, 6) is 4.20. The molecule has 0 bridgehead atoms. The fourth-order valence-electron chi connectivity index (χ4n) is 3.62. The molecule has 0 nitrogen and oxygen atoms in total. The van der Waals surface area contributed by atoms with E-state index in [9.17, 15) is 0 Å². The van der Waals surface area contributed by atoms with E-state index in [2.05, 4.69) is 86.6 Å². The molecule has 152 valence electrons. The average molecular weight is 361 g/mol. The summed E-state index contributed by atoms with van der Waals surface area (Å²) in [4.78, 5) is 0. The summed E-state index contributed by atoms with van der Waals surface area (Å²) < 4.78 is 0. The standard InChI is InChI=1S/C14H22.C12H26/c1-11(2)8-13-6-5-7-14(10-13)9-12(3)4;1-10(2)7-6-8-12(5)9-11(3)4/h5-7,10-12H,8-9H2,1-4H3;10-12H,6-9H2,1-5H3. The molecule has 0 aliphatic heterocycles. The van der Waals surface area contributed by atoms with E-state index >= 15 is 0 Å². The Labute approximate surface area is 166 Å². The van der Waals surface area contributed by atoms with Crippen LogP contribution in [-0.4, -0.2) is 0 Å². The van der Waals surface area contributed by atoms with E-state index in [1.54, 1.807) is 0 Å². The number of hydrogen-bond acceptors (Lipinski definition) is 0. The Kier molecular flexibility index (Phi) is 13.9. The van der Waals surface area contributed by atoms with Gasteiger partial charge in [0.15, 0.2) is 0 Å². The molecular formula is C26H48. The van der Waals surface area contributed by atoms with Crippen molar-refractivity contribution in [2.45, 2.75) is 101 Å². The van der Waals surface area contributed by atoms with Gasteiger partial charge in [-0.2, -0.15) is 0 Å². The van der Waals surface area contributed by atoms with E-state index in [1.165, 1.54) is 49.7 Å². The third kappa shape index (κ3) is 15.5.